The summed E-state index contributed by atoms with van der Waals surface area (Å²) in [5.41, 5.74) is 0.946. The molecule has 0 fully saturated rings. The topological polar surface area (TPSA) is 113 Å². The quantitative estimate of drug-likeness (QED) is 0.692. The Morgan fingerprint density at radius 3 is 2.76 bits per heavy atom. The number of H-pyrrole nitrogens is 1. The molecule has 0 aliphatic carbocycles. The third-order valence-corrected chi connectivity index (χ3v) is 5.72. The average molecular weight is 330 g/mol. The number of hydrogen-bond donors (Lipinski definition) is 3. The monoisotopic (exact) mass is 330 g/mol. The van der Waals surface area contributed by atoms with Crippen LogP contribution in [0.15, 0.2) is 15.7 Å². The molecular weight excluding hydrogens is 312 g/mol. The zero-order valence-corrected chi connectivity index (χ0v) is 13.6. The van der Waals surface area contributed by atoms with Crippen molar-refractivity contribution in [1.82, 2.24) is 30.7 Å². The first-order chi connectivity index (χ1) is 9.88. The summed E-state index contributed by atoms with van der Waals surface area (Å²) >= 11 is 1.19. The van der Waals surface area contributed by atoms with Crippen LogP contribution in [0, 0.1) is 0 Å². The molecule has 0 bridgehead atoms. The highest BCUT2D eigenvalue weighted by Gasteiger charge is 2.22. The number of tetrazole rings is 1. The highest BCUT2D eigenvalue weighted by molar-refractivity contribution is 7.91. The van der Waals surface area contributed by atoms with Crippen LogP contribution >= 0.6 is 11.3 Å². The van der Waals surface area contributed by atoms with Crippen LogP contribution in [0.1, 0.15) is 38.2 Å². The number of aromatic nitrogens is 4. The minimum Gasteiger partial charge on any atom is -0.310 e. The normalized spacial score (nSPS) is 13.7. The van der Waals surface area contributed by atoms with E-state index >= 15 is 0 Å². The molecule has 0 aromatic carbocycles. The van der Waals surface area contributed by atoms with Crippen LogP contribution in [-0.2, 0) is 16.6 Å². The average Bonchev–Trinajstić information content (AvgIpc) is 3.07. The van der Waals surface area contributed by atoms with E-state index in [0.29, 0.717) is 18.4 Å². The lowest BCUT2D eigenvalue weighted by atomic mass is 10.3. The van der Waals surface area contributed by atoms with Crippen LogP contribution < -0.4 is 10.0 Å². The Labute approximate surface area is 127 Å². The van der Waals surface area contributed by atoms with Gasteiger partial charge in [-0.3, -0.25) is 0 Å². The number of aromatic amines is 1. The molecule has 1 unspecified atom stereocenters. The molecule has 0 amide bonds. The second kappa shape index (κ2) is 6.60. The molecule has 10 heteroatoms. The molecule has 2 heterocycles. The second-order valence-electron chi connectivity index (χ2n) is 4.92. The molecule has 1 atom stereocenters. The smallest absolute Gasteiger partial charge is 0.250 e. The lowest BCUT2D eigenvalue weighted by Gasteiger charge is -2.09. The van der Waals surface area contributed by atoms with E-state index in [0.717, 1.165) is 5.56 Å². The summed E-state index contributed by atoms with van der Waals surface area (Å²) in [5, 5.41) is 18.3. The van der Waals surface area contributed by atoms with Gasteiger partial charge in [0.1, 0.15) is 4.21 Å². The van der Waals surface area contributed by atoms with Gasteiger partial charge in [0.2, 0.25) is 0 Å². The van der Waals surface area contributed by atoms with Gasteiger partial charge in [-0.05, 0) is 23.9 Å². The molecule has 21 heavy (non-hydrogen) atoms. The summed E-state index contributed by atoms with van der Waals surface area (Å²) in [4.78, 5) is 0. The summed E-state index contributed by atoms with van der Waals surface area (Å²) in [7, 11) is -3.58. The first-order valence-electron chi connectivity index (χ1n) is 6.45. The summed E-state index contributed by atoms with van der Waals surface area (Å²) in [6.07, 6.45) is 0. The fraction of sp³-hybridized carbons (Fsp3) is 0.545. The highest BCUT2D eigenvalue weighted by atomic mass is 32.2. The van der Waals surface area contributed by atoms with Gasteiger partial charge in [0, 0.05) is 12.6 Å². The van der Waals surface area contributed by atoms with Crippen LogP contribution in [-0.4, -0.2) is 35.1 Å². The zero-order valence-electron chi connectivity index (χ0n) is 12.0. The summed E-state index contributed by atoms with van der Waals surface area (Å²) in [5.74, 6) is 0.303. The Morgan fingerprint density at radius 2 is 2.14 bits per heavy atom. The third kappa shape index (κ3) is 4.30. The molecule has 8 nitrogen and oxygen atoms in total. The lowest BCUT2D eigenvalue weighted by Crippen LogP contribution is -2.27. The van der Waals surface area contributed by atoms with E-state index in [1.165, 1.54) is 11.3 Å². The van der Waals surface area contributed by atoms with Crippen molar-refractivity contribution >= 4 is 21.4 Å². The molecule has 0 saturated carbocycles. The van der Waals surface area contributed by atoms with E-state index in [9.17, 15) is 8.42 Å². The van der Waals surface area contributed by atoms with Gasteiger partial charge in [0.15, 0.2) is 5.82 Å². The van der Waals surface area contributed by atoms with Gasteiger partial charge in [-0.2, -0.15) is 9.94 Å². The Bertz CT molecular complexity index is 665. The molecule has 0 radical (unpaired) electrons. The minimum absolute atomic E-state index is 0.276. The fourth-order valence-electron chi connectivity index (χ4n) is 1.61. The van der Waals surface area contributed by atoms with Gasteiger partial charge in [0.25, 0.3) is 10.0 Å². The molecule has 0 aliphatic heterocycles. The van der Waals surface area contributed by atoms with Crippen molar-refractivity contribution in [1.29, 1.82) is 0 Å². The third-order valence-electron chi connectivity index (χ3n) is 2.69. The van der Waals surface area contributed by atoms with Crippen molar-refractivity contribution in [2.24, 2.45) is 0 Å². The van der Waals surface area contributed by atoms with Crippen LogP contribution in [0.5, 0.6) is 0 Å². The number of hydrogen-bond acceptors (Lipinski definition) is 7. The largest absolute Gasteiger partial charge is 0.310 e. The van der Waals surface area contributed by atoms with E-state index in [-0.39, 0.29) is 4.21 Å². The molecule has 0 saturated heterocycles. The Balaban J connectivity index is 2.05. The maximum absolute atomic E-state index is 12.3. The number of nitrogens with one attached hydrogen (secondary N) is 3. The number of sulfonamides is 1. The SMILES string of the molecule is CC(C)NCc1csc(S(=O)(=O)NC(C)c2nn[nH]n2)c1. The second-order valence-corrected chi connectivity index (χ2v) is 7.77. The van der Waals surface area contributed by atoms with E-state index < -0.39 is 16.1 Å². The van der Waals surface area contributed by atoms with E-state index in [1.54, 1.807) is 13.0 Å². The van der Waals surface area contributed by atoms with E-state index in [1.807, 2.05) is 19.2 Å². The first kappa shape index (κ1) is 16.0. The molecule has 116 valence electrons. The molecule has 2 rings (SSSR count). The van der Waals surface area contributed by atoms with Crippen LogP contribution in [0.2, 0.25) is 0 Å². The van der Waals surface area contributed by atoms with Crippen LogP contribution in [0.4, 0.5) is 0 Å². The maximum Gasteiger partial charge on any atom is 0.250 e. The maximum atomic E-state index is 12.3. The summed E-state index contributed by atoms with van der Waals surface area (Å²) < 4.78 is 27.4. The Morgan fingerprint density at radius 1 is 1.38 bits per heavy atom. The first-order valence-corrected chi connectivity index (χ1v) is 8.81. The molecule has 2 aromatic rings. The van der Waals surface area contributed by atoms with Gasteiger partial charge in [-0.1, -0.05) is 19.1 Å². The van der Waals surface area contributed by atoms with Crippen molar-refractivity contribution in [2.75, 3.05) is 0 Å². The van der Waals surface area contributed by atoms with Crippen LogP contribution in [0.25, 0.3) is 0 Å². The molecular formula is C11H18N6O2S2. The number of rotatable bonds is 7. The Kier molecular flexibility index (Phi) is 5.04. The minimum atomic E-state index is -3.58. The van der Waals surface area contributed by atoms with Gasteiger partial charge < -0.3 is 5.32 Å². The lowest BCUT2D eigenvalue weighted by molar-refractivity contribution is 0.561. The van der Waals surface area contributed by atoms with E-state index in [2.05, 4.69) is 30.7 Å². The Hall–Kier alpha value is -1.36. The number of thiophene rings is 1. The number of nitrogens with zero attached hydrogens (tertiary/aromatic N) is 3. The van der Waals surface area contributed by atoms with Crippen molar-refractivity contribution in [3.8, 4) is 0 Å². The molecule has 0 aliphatic rings. The van der Waals surface area contributed by atoms with Crippen molar-refractivity contribution in [3.05, 3.63) is 22.8 Å². The predicted molar refractivity (Wildman–Crippen MR) is 79.2 cm³/mol. The molecule has 3 N–H and O–H groups in total. The molecule has 0 spiro atoms. The van der Waals surface area contributed by atoms with E-state index in [4.69, 9.17) is 0 Å². The zero-order chi connectivity index (χ0) is 15.5. The molecule has 2 aromatic heterocycles. The van der Waals surface area contributed by atoms with Gasteiger partial charge in [0.05, 0.1) is 6.04 Å². The van der Waals surface area contributed by atoms with Crippen LogP contribution in [0.3, 0.4) is 0 Å². The van der Waals surface area contributed by atoms with Crippen molar-refractivity contribution in [2.45, 2.75) is 43.6 Å². The highest BCUT2D eigenvalue weighted by Crippen LogP contribution is 2.22. The van der Waals surface area contributed by atoms with Gasteiger partial charge >= 0.3 is 0 Å². The summed E-state index contributed by atoms with van der Waals surface area (Å²) in [6.45, 7) is 6.39. The van der Waals surface area contributed by atoms with Gasteiger partial charge in [-0.25, -0.2) is 8.42 Å². The fourth-order valence-corrected chi connectivity index (χ4v) is 4.03. The van der Waals surface area contributed by atoms with Crippen molar-refractivity contribution in [3.63, 3.8) is 0 Å². The summed E-state index contributed by atoms with van der Waals surface area (Å²) in [6, 6.07) is 1.47. The van der Waals surface area contributed by atoms with Gasteiger partial charge in [-0.15, -0.1) is 21.5 Å². The van der Waals surface area contributed by atoms with Crippen molar-refractivity contribution < 1.29 is 8.42 Å². The predicted octanol–water partition coefficient (Wildman–Crippen LogP) is 0.799. The standard InChI is InChI=1S/C11H18N6O2S2/c1-7(2)12-5-9-4-10(20-6-9)21(18,19)15-8(3)11-13-16-17-14-11/h4,6-8,12,15H,5H2,1-3H3,(H,13,14,16,17).